The van der Waals surface area contributed by atoms with E-state index in [0.717, 1.165) is 15.8 Å². The highest BCUT2D eigenvalue weighted by Gasteiger charge is 2.24. The second-order valence-corrected chi connectivity index (χ2v) is 10.5. The molecule has 8 nitrogen and oxygen atoms in total. The maximum absolute atomic E-state index is 13.3. The zero-order chi connectivity index (χ0) is 24.1. The molecule has 2 aromatic carbocycles. The third kappa shape index (κ3) is 5.35. The molecule has 4 aromatic rings. The first-order valence-corrected chi connectivity index (χ1v) is 12.9. The summed E-state index contributed by atoms with van der Waals surface area (Å²) in [5, 5.41) is 0.493. The average Bonchev–Trinajstić information content (AvgIpc) is 3.29. The molecule has 0 bridgehead atoms. The SMILES string of the molecule is COc1ccc(S(=O)(=O)CCC(=O)N(Cc2ccncc2)c2nc3ccc(OC)cc3s2)cc1. The van der Waals surface area contributed by atoms with Gasteiger partial charge in [-0.2, -0.15) is 0 Å². The largest absolute Gasteiger partial charge is 0.497 e. The number of hydrogen-bond acceptors (Lipinski definition) is 8. The molecule has 0 N–H and O–H groups in total. The Morgan fingerprint density at radius 1 is 0.971 bits per heavy atom. The summed E-state index contributed by atoms with van der Waals surface area (Å²) in [7, 11) is -0.549. The molecule has 1 amide bonds. The zero-order valence-corrected chi connectivity index (χ0v) is 20.3. The predicted octanol–water partition coefficient (Wildman–Crippen LogP) is 4.11. The number of carbonyl (C=O) groups is 1. The number of carbonyl (C=O) groups excluding carboxylic acids is 1. The van der Waals surface area contributed by atoms with Gasteiger partial charge in [-0.25, -0.2) is 13.4 Å². The van der Waals surface area contributed by atoms with Gasteiger partial charge in [0.15, 0.2) is 15.0 Å². The predicted molar refractivity (Wildman–Crippen MR) is 131 cm³/mol. The van der Waals surface area contributed by atoms with E-state index in [1.807, 2.05) is 30.3 Å². The van der Waals surface area contributed by atoms with Crippen LogP contribution in [0.2, 0.25) is 0 Å². The van der Waals surface area contributed by atoms with E-state index in [1.165, 1.54) is 35.5 Å². The standard InChI is InChI=1S/C24H23N3O5S2/c1-31-18-3-6-20(7-4-18)34(29,30)14-11-23(28)27(16-17-9-12-25-13-10-17)24-26-21-8-5-19(32-2)15-22(21)33-24/h3-10,12-13,15H,11,14,16H2,1-2H3. The highest BCUT2D eigenvalue weighted by atomic mass is 32.2. The van der Waals surface area contributed by atoms with E-state index in [9.17, 15) is 13.2 Å². The number of amides is 1. The van der Waals surface area contributed by atoms with Crippen LogP contribution in [0, 0.1) is 0 Å². The minimum absolute atomic E-state index is 0.147. The van der Waals surface area contributed by atoms with E-state index < -0.39 is 9.84 Å². The zero-order valence-electron chi connectivity index (χ0n) is 18.7. The van der Waals surface area contributed by atoms with E-state index in [4.69, 9.17) is 9.47 Å². The lowest BCUT2D eigenvalue weighted by Crippen LogP contribution is -2.31. The molecule has 0 aliphatic carbocycles. The molecule has 2 aromatic heterocycles. The Balaban J connectivity index is 1.58. The van der Waals surface area contributed by atoms with Gasteiger partial charge in [-0.15, -0.1) is 0 Å². The number of anilines is 1. The molecule has 0 atom stereocenters. The number of thiazole rings is 1. The fraction of sp³-hybridized carbons (Fsp3) is 0.208. The number of sulfone groups is 1. The smallest absolute Gasteiger partial charge is 0.230 e. The van der Waals surface area contributed by atoms with Gasteiger partial charge in [0.05, 0.1) is 41.6 Å². The van der Waals surface area contributed by atoms with Crippen molar-refractivity contribution in [1.29, 1.82) is 0 Å². The van der Waals surface area contributed by atoms with E-state index in [2.05, 4.69) is 9.97 Å². The first-order chi connectivity index (χ1) is 16.4. The maximum Gasteiger partial charge on any atom is 0.230 e. The normalized spacial score (nSPS) is 11.4. The molecule has 0 saturated carbocycles. The number of ether oxygens (including phenoxy) is 2. The Morgan fingerprint density at radius 2 is 1.65 bits per heavy atom. The van der Waals surface area contributed by atoms with Crippen LogP contribution in [0.5, 0.6) is 11.5 Å². The molecule has 0 aliphatic rings. The fourth-order valence-electron chi connectivity index (χ4n) is 3.33. The summed E-state index contributed by atoms with van der Waals surface area (Å²) in [5.74, 6) is 0.607. The molecule has 10 heteroatoms. The molecular weight excluding hydrogens is 474 g/mol. The molecule has 2 heterocycles. The van der Waals surface area contributed by atoms with Gasteiger partial charge in [-0.3, -0.25) is 14.7 Å². The number of rotatable bonds is 9. The Hall–Kier alpha value is -3.50. The number of nitrogens with zero attached hydrogens (tertiary/aromatic N) is 3. The summed E-state index contributed by atoms with van der Waals surface area (Å²) in [6.45, 7) is 0.251. The second kappa shape index (κ2) is 10.2. The molecule has 176 valence electrons. The van der Waals surface area contributed by atoms with Gasteiger partial charge in [0, 0.05) is 18.8 Å². The minimum atomic E-state index is -3.65. The molecule has 0 radical (unpaired) electrons. The van der Waals surface area contributed by atoms with Crippen molar-refractivity contribution in [3.8, 4) is 11.5 Å². The van der Waals surface area contributed by atoms with Gasteiger partial charge in [-0.05, 0) is 60.2 Å². The van der Waals surface area contributed by atoms with Crippen molar-refractivity contribution in [2.45, 2.75) is 17.9 Å². The van der Waals surface area contributed by atoms with Crippen molar-refractivity contribution in [2.75, 3.05) is 24.9 Å². The second-order valence-electron chi connectivity index (χ2n) is 7.41. The number of benzene rings is 2. The van der Waals surface area contributed by atoms with Crippen LogP contribution in [0.15, 0.2) is 71.9 Å². The topological polar surface area (TPSA) is 98.7 Å². The number of hydrogen-bond donors (Lipinski definition) is 0. The van der Waals surface area contributed by atoms with Crippen molar-refractivity contribution >= 4 is 42.4 Å². The van der Waals surface area contributed by atoms with E-state index >= 15 is 0 Å². The first kappa shape index (κ1) is 23.7. The van der Waals surface area contributed by atoms with Gasteiger partial charge in [0.25, 0.3) is 0 Å². The van der Waals surface area contributed by atoms with Gasteiger partial charge in [-0.1, -0.05) is 11.3 Å². The number of aromatic nitrogens is 2. The Kier molecular flexibility index (Phi) is 7.09. The molecule has 0 unspecified atom stereocenters. The number of methoxy groups -OCH3 is 2. The quantitative estimate of drug-likeness (QED) is 0.343. The van der Waals surface area contributed by atoms with Crippen LogP contribution in [-0.4, -0.2) is 44.3 Å². The molecular formula is C24H23N3O5S2. The van der Waals surface area contributed by atoms with Crippen molar-refractivity contribution in [3.63, 3.8) is 0 Å². The average molecular weight is 498 g/mol. The van der Waals surface area contributed by atoms with Crippen LogP contribution in [0.1, 0.15) is 12.0 Å². The molecule has 0 spiro atoms. The van der Waals surface area contributed by atoms with Gasteiger partial charge >= 0.3 is 0 Å². The summed E-state index contributed by atoms with van der Waals surface area (Å²) in [6, 6.07) is 15.2. The maximum atomic E-state index is 13.3. The van der Waals surface area contributed by atoms with Crippen LogP contribution >= 0.6 is 11.3 Å². The summed E-state index contributed by atoms with van der Waals surface area (Å²) in [5.41, 5.74) is 1.59. The minimum Gasteiger partial charge on any atom is -0.497 e. The summed E-state index contributed by atoms with van der Waals surface area (Å²) in [6.07, 6.45) is 3.11. The van der Waals surface area contributed by atoms with Crippen LogP contribution in [0.3, 0.4) is 0 Å². The van der Waals surface area contributed by atoms with E-state index in [0.29, 0.717) is 16.6 Å². The van der Waals surface area contributed by atoms with Crippen molar-refractivity contribution in [1.82, 2.24) is 9.97 Å². The van der Waals surface area contributed by atoms with E-state index in [-0.39, 0.29) is 29.5 Å². The lowest BCUT2D eigenvalue weighted by molar-refractivity contribution is -0.118. The van der Waals surface area contributed by atoms with Gasteiger partial charge in [0.1, 0.15) is 11.5 Å². The van der Waals surface area contributed by atoms with Crippen LogP contribution < -0.4 is 14.4 Å². The molecule has 0 fully saturated rings. The Morgan fingerprint density at radius 3 is 2.32 bits per heavy atom. The van der Waals surface area contributed by atoms with Crippen molar-refractivity contribution in [2.24, 2.45) is 0 Å². The number of fused-ring (bicyclic) bond motifs is 1. The molecule has 4 rings (SSSR count). The van der Waals surface area contributed by atoms with Gasteiger partial charge < -0.3 is 9.47 Å². The molecule has 34 heavy (non-hydrogen) atoms. The van der Waals surface area contributed by atoms with Crippen LogP contribution in [0.25, 0.3) is 10.2 Å². The summed E-state index contributed by atoms with van der Waals surface area (Å²) < 4.78 is 36.9. The third-order valence-corrected chi connectivity index (χ3v) is 7.98. The Bertz CT molecular complexity index is 1390. The summed E-state index contributed by atoms with van der Waals surface area (Å²) >= 11 is 1.35. The monoisotopic (exact) mass is 497 g/mol. The van der Waals surface area contributed by atoms with Crippen molar-refractivity contribution < 1.29 is 22.7 Å². The van der Waals surface area contributed by atoms with Crippen LogP contribution in [0.4, 0.5) is 5.13 Å². The molecule has 0 saturated heterocycles. The highest BCUT2D eigenvalue weighted by Crippen LogP contribution is 2.32. The Labute approximate surface area is 201 Å². The van der Waals surface area contributed by atoms with Gasteiger partial charge in [0.2, 0.25) is 5.91 Å². The summed E-state index contributed by atoms with van der Waals surface area (Å²) in [4.78, 5) is 23.6. The van der Waals surface area contributed by atoms with Crippen LogP contribution in [-0.2, 0) is 21.2 Å². The lowest BCUT2D eigenvalue weighted by Gasteiger charge is -2.20. The fourth-order valence-corrected chi connectivity index (χ4v) is 5.57. The molecule has 0 aliphatic heterocycles. The van der Waals surface area contributed by atoms with Crippen molar-refractivity contribution in [3.05, 3.63) is 72.6 Å². The lowest BCUT2D eigenvalue weighted by atomic mass is 10.2. The van der Waals surface area contributed by atoms with E-state index in [1.54, 1.807) is 31.6 Å². The highest BCUT2D eigenvalue weighted by molar-refractivity contribution is 7.91. The first-order valence-electron chi connectivity index (χ1n) is 10.4. The number of pyridine rings is 1. The third-order valence-electron chi connectivity index (χ3n) is 5.21.